The number of anilines is 2. The SMILES string of the molecule is CCN(C)c1noc(CNc2ccc(Cl)cc2)n1. The number of hydrogen-bond donors (Lipinski definition) is 1. The van der Waals surface area contributed by atoms with E-state index in [1.54, 1.807) is 0 Å². The molecule has 18 heavy (non-hydrogen) atoms. The third kappa shape index (κ3) is 3.13. The van der Waals surface area contributed by atoms with Crippen LogP contribution >= 0.6 is 11.6 Å². The lowest BCUT2D eigenvalue weighted by Gasteiger charge is -2.08. The van der Waals surface area contributed by atoms with Crippen molar-refractivity contribution in [3.8, 4) is 0 Å². The largest absolute Gasteiger partial charge is 0.376 e. The summed E-state index contributed by atoms with van der Waals surface area (Å²) in [5, 5.41) is 7.79. The lowest BCUT2D eigenvalue weighted by atomic mass is 10.3. The molecule has 0 aliphatic carbocycles. The van der Waals surface area contributed by atoms with Crippen molar-refractivity contribution in [1.29, 1.82) is 0 Å². The Balaban J connectivity index is 1.94. The lowest BCUT2D eigenvalue weighted by Crippen LogP contribution is -2.17. The zero-order chi connectivity index (χ0) is 13.0. The quantitative estimate of drug-likeness (QED) is 0.902. The molecule has 0 bridgehead atoms. The van der Waals surface area contributed by atoms with Gasteiger partial charge in [0.05, 0.1) is 6.54 Å². The van der Waals surface area contributed by atoms with Crippen molar-refractivity contribution in [2.75, 3.05) is 23.8 Å². The number of hydrogen-bond acceptors (Lipinski definition) is 5. The highest BCUT2D eigenvalue weighted by Gasteiger charge is 2.08. The van der Waals surface area contributed by atoms with Crippen LogP contribution in [0, 0.1) is 0 Å². The predicted molar refractivity (Wildman–Crippen MR) is 72.0 cm³/mol. The van der Waals surface area contributed by atoms with Gasteiger partial charge in [0, 0.05) is 24.3 Å². The highest BCUT2D eigenvalue weighted by atomic mass is 35.5. The Morgan fingerprint density at radius 2 is 2.06 bits per heavy atom. The Labute approximate surface area is 111 Å². The fraction of sp³-hybridized carbons (Fsp3) is 0.333. The van der Waals surface area contributed by atoms with Gasteiger partial charge in [-0.2, -0.15) is 4.98 Å². The van der Waals surface area contributed by atoms with Gasteiger partial charge in [-0.15, -0.1) is 0 Å². The Morgan fingerprint density at radius 1 is 1.33 bits per heavy atom. The molecule has 0 radical (unpaired) electrons. The number of nitrogens with zero attached hydrogens (tertiary/aromatic N) is 3. The molecule has 96 valence electrons. The van der Waals surface area contributed by atoms with E-state index in [-0.39, 0.29) is 0 Å². The number of nitrogens with one attached hydrogen (secondary N) is 1. The third-order valence-corrected chi connectivity index (χ3v) is 2.81. The molecule has 0 aliphatic heterocycles. The van der Waals surface area contributed by atoms with Crippen LogP contribution in [0.1, 0.15) is 12.8 Å². The van der Waals surface area contributed by atoms with Gasteiger partial charge in [0.15, 0.2) is 0 Å². The lowest BCUT2D eigenvalue weighted by molar-refractivity contribution is 0.383. The molecule has 0 amide bonds. The first-order valence-electron chi connectivity index (χ1n) is 5.72. The molecule has 0 atom stereocenters. The van der Waals surface area contributed by atoms with Crippen molar-refractivity contribution < 1.29 is 4.52 Å². The van der Waals surface area contributed by atoms with Crippen molar-refractivity contribution in [2.24, 2.45) is 0 Å². The maximum atomic E-state index is 5.81. The van der Waals surface area contributed by atoms with Crippen LogP contribution in [0.2, 0.25) is 5.02 Å². The molecule has 5 nitrogen and oxygen atoms in total. The minimum absolute atomic E-state index is 0.492. The summed E-state index contributed by atoms with van der Waals surface area (Å²) in [6.45, 7) is 3.36. The second-order valence-electron chi connectivity index (χ2n) is 3.86. The van der Waals surface area contributed by atoms with Gasteiger partial charge in [-0.3, -0.25) is 0 Å². The Hall–Kier alpha value is -1.75. The molecular formula is C12H15ClN4O. The van der Waals surface area contributed by atoms with E-state index in [1.165, 1.54) is 0 Å². The summed E-state index contributed by atoms with van der Waals surface area (Å²) in [6.07, 6.45) is 0. The van der Waals surface area contributed by atoms with Gasteiger partial charge in [0.2, 0.25) is 5.89 Å². The highest BCUT2D eigenvalue weighted by molar-refractivity contribution is 6.30. The van der Waals surface area contributed by atoms with E-state index in [1.807, 2.05) is 43.1 Å². The van der Waals surface area contributed by atoms with Crippen LogP contribution in [-0.2, 0) is 6.54 Å². The molecule has 1 aromatic carbocycles. The van der Waals surface area contributed by atoms with Crippen molar-refractivity contribution in [3.05, 3.63) is 35.2 Å². The standard InChI is InChI=1S/C12H15ClN4O/c1-3-17(2)12-15-11(18-16-12)8-14-10-6-4-9(13)5-7-10/h4-7,14H,3,8H2,1-2H3. The smallest absolute Gasteiger partial charge is 0.265 e. The highest BCUT2D eigenvalue weighted by Crippen LogP contribution is 2.14. The Bertz CT molecular complexity index is 497. The van der Waals surface area contributed by atoms with Gasteiger partial charge in [-0.05, 0) is 36.3 Å². The van der Waals surface area contributed by atoms with E-state index in [0.29, 0.717) is 23.4 Å². The summed E-state index contributed by atoms with van der Waals surface area (Å²) in [4.78, 5) is 6.19. The molecule has 1 N–H and O–H groups in total. The molecule has 0 saturated carbocycles. The zero-order valence-corrected chi connectivity index (χ0v) is 11.1. The summed E-state index contributed by atoms with van der Waals surface area (Å²) in [7, 11) is 1.92. The summed E-state index contributed by atoms with van der Waals surface area (Å²) < 4.78 is 5.14. The number of aromatic nitrogens is 2. The van der Waals surface area contributed by atoms with Crippen molar-refractivity contribution in [3.63, 3.8) is 0 Å². The van der Waals surface area contributed by atoms with Gasteiger partial charge in [0.25, 0.3) is 5.95 Å². The first kappa shape index (κ1) is 12.7. The zero-order valence-electron chi connectivity index (χ0n) is 10.4. The van der Waals surface area contributed by atoms with Gasteiger partial charge >= 0.3 is 0 Å². The minimum atomic E-state index is 0.492. The first-order valence-corrected chi connectivity index (χ1v) is 6.10. The van der Waals surface area contributed by atoms with Crippen molar-refractivity contribution in [1.82, 2.24) is 10.1 Å². The molecule has 1 aromatic heterocycles. The molecule has 1 heterocycles. The fourth-order valence-electron chi connectivity index (χ4n) is 1.36. The fourth-order valence-corrected chi connectivity index (χ4v) is 1.49. The monoisotopic (exact) mass is 266 g/mol. The maximum Gasteiger partial charge on any atom is 0.265 e. The second-order valence-corrected chi connectivity index (χ2v) is 4.30. The van der Waals surface area contributed by atoms with E-state index < -0.39 is 0 Å². The summed E-state index contributed by atoms with van der Waals surface area (Å²) in [5.41, 5.74) is 0.961. The number of rotatable bonds is 5. The van der Waals surface area contributed by atoms with E-state index >= 15 is 0 Å². The molecule has 2 rings (SSSR count). The van der Waals surface area contributed by atoms with E-state index in [4.69, 9.17) is 16.1 Å². The maximum absolute atomic E-state index is 5.81. The van der Waals surface area contributed by atoms with E-state index in [0.717, 1.165) is 12.2 Å². The van der Waals surface area contributed by atoms with Crippen LogP contribution in [0.4, 0.5) is 11.6 Å². The average Bonchev–Trinajstić information content (AvgIpc) is 2.86. The first-order chi connectivity index (χ1) is 8.69. The van der Waals surface area contributed by atoms with Gasteiger partial charge < -0.3 is 14.7 Å². The van der Waals surface area contributed by atoms with Gasteiger partial charge in [-0.1, -0.05) is 11.6 Å². The summed E-state index contributed by atoms with van der Waals surface area (Å²) >= 11 is 5.81. The minimum Gasteiger partial charge on any atom is -0.376 e. The molecule has 6 heteroatoms. The van der Waals surface area contributed by atoms with Crippen LogP contribution in [0.15, 0.2) is 28.8 Å². The van der Waals surface area contributed by atoms with E-state index in [9.17, 15) is 0 Å². The Kier molecular flexibility index (Phi) is 4.04. The Morgan fingerprint density at radius 3 is 2.72 bits per heavy atom. The van der Waals surface area contributed by atoms with Crippen molar-refractivity contribution in [2.45, 2.75) is 13.5 Å². The molecule has 0 fully saturated rings. The third-order valence-electron chi connectivity index (χ3n) is 2.56. The molecular weight excluding hydrogens is 252 g/mol. The summed E-state index contributed by atoms with van der Waals surface area (Å²) in [6, 6.07) is 7.46. The molecule has 2 aromatic rings. The average molecular weight is 267 g/mol. The number of halogens is 1. The predicted octanol–water partition coefficient (Wildman–Crippen LogP) is 2.79. The van der Waals surface area contributed by atoms with Crippen LogP contribution in [-0.4, -0.2) is 23.7 Å². The molecule has 0 unspecified atom stereocenters. The molecule has 0 aliphatic rings. The number of benzene rings is 1. The molecule has 0 saturated heterocycles. The second kappa shape index (κ2) is 5.73. The van der Waals surface area contributed by atoms with Gasteiger partial charge in [0.1, 0.15) is 0 Å². The molecule has 0 spiro atoms. The van der Waals surface area contributed by atoms with Gasteiger partial charge in [-0.25, -0.2) is 0 Å². The van der Waals surface area contributed by atoms with Crippen LogP contribution in [0.3, 0.4) is 0 Å². The van der Waals surface area contributed by atoms with Crippen LogP contribution in [0.5, 0.6) is 0 Å². The summed E-state index contributed by atoms with van der Waals surface area (Å²) in [5.74, 6) is 1.16. The van der Waals surface area contributed by atoms with Crippen molar-refractivity contribution >= 4 is 23.2 Å². The van der Waals surface area contributed by atoms with E-state index in [2.05, 4.69) is 15.5 Å². The van der Waals surface area contributed by atoms with Crippen LogP contribution < -0.4 is 10.2 Å². The normalized spacial score (nSPS) is 10.4. The topological polar surface area (TPSA) is 54.2 Å². The van der Waals surface area contributed by atoms with Crippen LogP contribution in [0.25, 0.3) is 0 Å².